The summed E-state index contributed by atoms with van der Waals surface area (Å²) in [6, 6.07) is 0. The van der Waals surface area contributed by atoms with Gasteiger partial charge >= 0.3 is 0 Å². The summed E-state index contributed by atoms with van der Waals surface area (Å²) in [7, 11) is 0. The van der Waals surface area contributed by atoms with E-state index < -0.39 is 0 Å². The van der Waals surface area contributed by atoms with E-state index in [-0.39, 0.29) is 10.9 Å². The molecule has 0 saturated heterocycles. The normalized spacial score (nSPS) is 21.6. The first-order valence-corrected chi connectivity index (χ1v) is 4.23. The first-order valence-electron chi connectivity index (χ1n) is 3.41. The molecule has 0 saturated carbocycles. The van der Waals surface area contributed by atoms with Gasteiger partial charge in [-0.3, -0.25) is 14.6 Å². The van der Waals surface area contributed by atoms with Crippen molar-refractivity contribution in [3.05, 3.63) is 22.3 Å². The fourth-order valence-electron chi connectivity index (χ4n) is 1.10. The molecule has 2 rings (SSSR count). The number of fused-ring (bicyclic) bond motifs is 1. The Morgan fingerprint density at radius 2 is 2.17 bits per heavy atom. The Hall–Kier alpha value is -1.16. The van der Waals surface area contributed by atoms with Gasteiger partial charge in [-0.2, -0.15) is 0 Å². The maximum atomic E-state index is 11.1. The van der Waals surface area contributed by atoms with E-state index in [9.17, 15) is 9.59 Å². The van der Waals surface area contributed by atoms with E-state index >= 15 is 0 Å². The van der Waals surface area contributed by atoms with Gasteiger partial charge in [-0.05, 0) is 18.7 Å². The average molecular weight is 179 g/mol. The predicted molar refractivity (Wildman–Crippen MR) is 46.9 cm³/mol. The maximum absolute atomic E-state index is 11.1. The summed E-state index contributed by atoms with van der Waals surface area (Å²) in [5, 5.41) is -0.0850. The number of aliphatic imine (C=N–C) groups is 1. The lowest BCUT2D eigenvalue weighted by Gasteiger charge is -2.06. The molecule has 4 heteroatoms. The fourth-order valence-corrected chi connectivity index (χ4v) is 1.95. The third-order valence-corrected chi connectivity index (χ3v) is 2.72. The molecule has 2 aliphatic rings. The van der Waals surface area contributed by atoms with Crippen LogP contribution < -0.4 is 0 Å². The second-order valence-electron chi connectivity index (χ2n) is 2.52. The number of hydrogen-bond acceptors (Lipinski definition) is 4. The molecule has 0 unspecified atom stereocenters. The highest BCUT2D eigenvalue weighted by atomic mass is 32.2. The van der Waals surface area contributed by atoms with Crippen molar-refractivity contribution in [1.82, 2.24) is 0 Å². The smallest absolute Gasteiger partial charge is 0.217 e. The summed E-state index contributed by atoms with van der Waals surface area (Å²) in [4.78, 5) is 26.7. The van der Waals surface area contributed by atoms with Crippen LogP contribution in [0.3, 0.4) is 0 Å². The van der Waals surface area contributed by atoms with Gasteiger partial charge in [-0.1, -0.05) is 0 Å². The van der Waals surface area contributed by atoms with E-state index in [1.165, 1.54) is 12.3 Å². The summed E-state index contributed by atoms with van der Waals surface area (Å²) in [5.74, 6) is -0.172. The SMILES string of the molecule is CC1=C2SC(=O)C=C2C(=O)C=N1. The molecular weight excluding hydrogens is 174 g/mol. The van der Waals surface area contributed by atoms with Crippen molar-refractivity contribution in [2.75, 3.05) is 0 Å². The number of allylic oxidation sites excluding steroid dienone is 2. The third kappa shape index (κ3) is 0.956. The number of carbonyl (C=O) groups excluding carboxylic acids is 2. The minimum Gasteiger partial charge on any atom is -0.288 e. The lowest BCUT2D eigenvalue weighted by Crippen LogP contribution is -2.08. The molecular formula is C8H5NO2S. The average Bonchev–Trinajstić information content (AvgIpc) is 2.41. The van der Waals surface area contributed by atoms with Crippen LogP contribution in [0.2, 0.25) is 0 Å². The molecule has 0 bridgehead atoms. The van der Waals surface area contributed by atoms with Gasteiger partial charge in [0.2, 0.25) is 10.9 Å². The third-order valence-electron chi connectivity index (χ3n) is 1.68. The Labute approximate surface area is 73.2 Å². The van der Waals surface area contributed by atoms with E-state index in [1.807, 2.05) is 0 Å². The van der Waals surface area contributed by atoms with Gasteiger partial charge < -0.3 is 0 Å². The van der Waals surface area contributed by atoms with E-state index in [2.05, 4.69) is 4.99 Å². The summed E-state index contributed by atoms with van der Waals surface area (Å²) >= 11 is 1.07. The van der Waals surface area contributed by atoms with Crippen LogP contribution in [0.4, 0.5) is 0 Å². The lowest BCUT2D eigenvalue weighted by atomic mass is 10.1. The molecule has 3 nitrogen and oxygen atoms in total. The van der Waals surface area contributed by atoms with Gasteiger partial charge in [0.05, 0.1) is 11.9 Å². The van der Waals surface area contributed by atoms with Gasteiger partial charge in [0.1, 0.15) is 0 Å². The molecule has 0 N–H and O–H groups in total. The van der Waals surface area contributed by atoms with Crippen molar-refractivity contribution in [3.8, 4) is 0 Å². The zero-order chi connectivity index (χ0) is 8.72. The molecule has 0 fully saturated rings. The summed E-state index contributed by atoms with van der Waals surface area (Å²) in [6.07, 6.45) is 2.63. The van der Waals surface area contributed by atoms with Crippen molar-refractivity contribution in [2.45, 2.75) is 6.92 Å². The molecule has 0 aromatic heterocycles. The van der Waals surface area contributed by atoms with Crippen LogP contribution in [0, 0.1) is 0 Å². The van der Waals surface area contributed by atoms with Crippen molar-refractivity contribution in [2.24, 2.45) is 4.99 Å². The molecule has 2 aliphatic heterocycles. The monoisotopic (exact) mass is 179 g/mol. The molecule has 60 valence electrons. The molecule has 0 radical (unpaired) electrons. The number of hydrogen-bond donors (Lipinski definition) is 0. The van der Waals surface area contributed by atoms with Crippen LogP contribution in [-0.4, -0.2) is 17.1 Å². The largest absolute Gasteiger partial charge is 0.288 e. The maximum Gasteiger partial charge on any atom is 0.217 e. The zero-order valence-electron chi connectivity index (χ0n) is 6.33. The number of rotatable bonds is 0. The summed E-state index contributed by atoms with van der Waals surface area (Å²) in [5.41, 5.74) is 1.24. The molecule has 2 heterocycles. The van der Waals surface area contributed by atoms with Crippen molar-refractivity contribution < 1.29 is 9.59 Å². The van der Waals surface area contributed by atoms with Crippen LogP contribution in [0.25, 0.3) is 0 Å². The van der Waals surface area contributed by atoms with E-state index in [1.54, 1.807) is 6.92 Å². The van der Waals surface area contributed by atoms with Gasteiger partial charge in [-0.15, -0.1) is 0 Å². The van der Waals surface area contributed by atoms with Crippen molar-refractivity contribution >= 4 is 28.9 Å². The van der Waals surface area contributed by atoms with Crippen molar-refractivity contribution in [1.29, 1.82) is 0 Å². The Morgan fingerprint density at radius 3 is 2.83 bits per heavy atom. The van der Waals surface area contributed by atoms with Gasteiger partial charge in [0.15, 0.2) is 0 Å². The Balaban J connectivity index is 2.58. The number of thioether (sulfide) groups is 1. The molecule has 0 aromatic rings. The number of Topliss-reactive ketones (excluding diaryl/α,β-unsaturated/α-hetero) is 1. The lowest BCUT2D eigenvalue weighted by molar-refractivity contribution is -0.110. The van der Waals surface area contributed by atoms with Crippen LogP contribution in [-0.2, 0) is 9.59 Å². The highest BCUT2D eigenvalue weighted by molar-refractivity contribution is 8.18. The van der Waals surface area contributed by atoms with Crippen LogP contribution in [0.1, 0.15) is 6.92 Å². The Kier molecular flexibility index (Phi) is 1.51. The molecule has 0 spiro atoms. The molecule has 0 aromatic carbocycles. The van der Waals surface area contributed by atoms with Crippen molar-refractivity contribution in [3.63, 3.8) is 0 Å². The molecule has 0 atom stereocenters. The highest BCUT2D eigenvalue weighted by Gasteiger charge is 2.27. The van der Waals surface area contributed by atoms with E-state index in [0.717, 1.165) is 17.5 Å². The van der Waals surface area contributed by atoms with Gasteiger partial charge in [-0.25, -0.2) is 0 Å². The topological polar surface area (TPSA) is 46.5 Å². The first-order chi connectivity index (χ1) is 5.68. The van der Waals surface area contributed by atoms with Crippen LogP contribution in [0.15, 0.2) is 27.2 Å². The highest BCUT2D eigenvalue weighted by Crippen LogP contribution is 2.37. The minimum atomic E-state index is -0.172. The number of ketones is 1. The minimum absolute atomic E-state index is 0.0850. The van der Waals surface area contributed by atoms with E-state index in [4.69, 9.17) is 0 Å². The summed E-state index contributed by atoms with van der Waals surface area (Å²) < 4.78 is 0. The number of nitrogens with zero attached hydrogens (tertiary/aromatic N) is 1. The predicted octanol–water partition coefficient (Wildman–Crippen LogP) is 1.07. The van der Waals surface area contributed by atoms with Gasteiger partial charge in [0, 0.05) is 16.6 Å². The first kappa shape index (κ1) is 7.49. The standard InChI is InChI=1S/C8H5NO2S/c1-4-8-5(2-7(11)12-8)6(10)3-9-4/h2-3H,1H3. The van der Waals surface area contributed by atoms with E-state index in [0.29, 0.717) is 10.5 Å². The second-order valence-corrected chi connectivity index (χ2v) is 3.53. The molecule has 12 heavy (non-hydrogen) atoms. The number of carbonyl (C=O) groups is 2. The Bertz CT molecular complexity index is 377. The van der Waals surface area contributed by atoms with Gasteiger partial charge in [0.25, 0.3) is 0 Å². The summed E-state index contributed by atoms with van der Waals surface area (Å²) in [6.45, 7) is 1.79. The fraction of sp³-hybridized carbons (Fsp3) is 0.125. The Morgan fingerprint density at radius 1 is 1.42 bits per heavy atom. The molecule has 0 aliphatic carbocycles. The quantitative estimate of drug-likeness (QED) is 0.558. The molecule has 0 amide bonds. The van der Waals surface area contributed by atoms with Crippen LogP contribution >= 0.6 is 11.8 Å². The zero-order valence-corrected chi connectivity index (χ0v) is 7.14. The second kappa shape index (κ2) is 2.42. The van der Waals surface area contributed by atoms with Crippen LogP contribution in [0.5, 0.6) is 0 Å².